The number of benzene rings is 1. The van der Waals surface area contributed by atoms with Gasteiger partial charge in [-0.1, -0.05) is 6.92 Å². The van der Waals surface area contributed by atoms with Crippen molar-refractivity contribution in [3.63, 3.8) is 0 Å². The van der Waals surface area contributed by atoms with Gasteiger partial charge in [0, 0.05) is 6.54 Å². The third-order valence-corrected chi connectivity index (χ3v) is 3.46. The molecule has 0 spiro atoms. The normalized spacial score (nSPS) is 19.3. The van der Waals surface area contributed by atoms with Crippen molar-refractivity contribution >= 4 is 17.3 Å². The van der Waals surface area contributed by atoms with Gasteiger partial charge >= 0.3 is 5.97 Å². The van der Waals surface area contributed by atoms with Gasteiger partial charge in [0.05, 0.1) is 43.3 Å². The van der Waals surface area contributed by atoms with E-state index >= 15 is 0 Å². The molecule has 5 heteroatoms. The van der Waals surface area contributed by atoms with Crippen LogP contribution in [0.3, 0.4) is 0 Å². The van der Waals surface area contributed by atoms with E-state index in [1.807, 2.05) is 0 Å². The highest BCUT2D eigenvalue weighted by atomic mass is 16.5. The zero-order valence-corrected chi connectivity index (χ0v) is 11.4. The van der Waals surface area contributed by atoms with Crippen LogP contribution in [-0.4, -0.2) is 38.9 Å². The number of methoxy groups -OCH3 is 1. The van der Waals surface area contributed by atoms with Crippen molar-refractivity contribution in [1.82, 2.24) is 0 Å². The Morgan fingerprint density at radius 1 is 1.58 bits per heavy atom. The Kier molecular flexibility index (Phi) is 4.27. The van der Waals surface area contributed by atoms with Crippen molar-refractivity contribution in [3.05, 3.63) is 23.8 Å². The molecule has 2 rings (SSSR count). The number of nitrogens with two attached hydrogens (primary N) is 1. The summed E-state index contributed by atoms with van der Waals surface area (Å²) in [6.45, 7) is 4.27. The Bertz CT molecular complexity index is 462. The standard InChI is InChI=1S/C14H20N2O3/c1-3-11-9-19-7-6-16(11)13-8-10(14(17)18-2)4-5-12(13)15/h4-5,8,11H,3,6-7,9,15H2,1-2H3. The lowest BCUT2D eigenvalue weighted by molar-refractivity contribution is 0.0600. The first-order valence-electron chi connectivity index (χ1n) is 6.49. The second kappa shape index (κ2) is 5.93. The monoisotopic (exact) mass is 264 g/mol. The maximum Gasteiger partial charge on any atom is 0.337 e. The minimum atomic E-state index is -0.345. The summed E-state index contributed by atoms with van der Waals surface area (Å²) in [7, 11) is 1.38. The molecule has 0 radical (unpaired) electrons. The van der Waals surface area contributed by atoms with Gasteiger partial charge in [0.1, 0.15) is 0 Å². The number of rotatable bonds is 3. The van der Waals surface area contributed by atoms with Crippen molar-refractivity contribution in [2.45, 2.75) is 19.4 Å². The molecule has 104 valence electrons. The van der Waals surface area contributed by atoms with E-state index in [4.69, 9.17) is 15.2 Å². The van der Waals surface area contributed by atoms with Crippen LogP contribution in [0.15, 0.2) is 18.2 Å². The molecule has 0 amide bonds. The fourth-order valence-electron chi connectivity index (χ4n) is 2.35. The van der Waals surface area contributed by atoms with Crippen LogP contribution in [0.5, 0.6) is 0 Å². The number of anilines is 2. The predicted octanol–water partition coefficient (Wildman–Crippen LogP) is 1.67. The summed E-state index contributed by atoms with van der Waals surface area (Å²) in [6, 6.07) is 5.54. The topological polar surface area (TPSA) is 64.8 Å². The van der Waals surface area contributed by atoms with Gasteiger partial charge in [-0.3, -0.25) is 0 Å². The Labute approximate surface area is 113 Å². The first-order valence-corrected chi connectivity index (χ1v) is 6.49. The number of carbonyl (C=O) groups excluding carboxylic acids is 1. The third kappa shape index (κ3) is 2.81. The number of nitrogens with zero attached hydrogens (tertiary/aromatic N) is 1. The van der Waals surface area contributed by atoms with Gasteiger partial charge in [-0.25, -0.2) is 4.79 Å². The van der Waals surface area contributed by atoms with Crippen molar-refractivity contribution in [2.75, 3.05) is 37.5 Å². The summed E-state index contributed by atoms with van der Waals surface area (Å²) in [5.41, 5.74) is 8.13. The molecule has 1 aromatic carbocycles. The van der Waals surface area contributed by atoms with Crippen LogP contribution in [0.2, 0.25) is 0 Å². The molecule has 19 heavy (non-hydrogen) atoms. The van der Waals surface area contributed by atoms with Crippen molar-refractivity contribution < 1.29 is 14.3 Å². The first kappa shape index (κ1) is 13.7. The van der Waals surface area contributed by atoms with Crippen LogP contribution < -0.4 is 10.6 Å². The molecule has 1 saturated heterocycles. The summed E-state index contributed by atoms with van der Waals surface area (Å²) < 4.78 is 10.2. The number of carbonyl (C=O) groups is 1. The summed E-state index contributed by atoms with van der Waals surface area (Å²) in [4.78, 5) is 13.8. The summed E-state index contributed by atoms with van der Waals surface area (Å²) in [6.07, 6.45) is 0.974. The van der Waals surface area contributed by atoms with E-state index in [1.54, 1.807) is 18.2 Å². The van der Waals surface area contributed by atoms with Gasteiger partial charge < -0.3 is 20.1 Å². The Morgan fingerprint density at radius 3 is 3.05 bits per heavy atom. The lowest BCUT2D eigenvalue weighted by Crippen LogP contribution is -2.45. The highest BCUT2D eigenvalue weighted by Gasteiger charge is 2.24. The van der Waals surface area contributed by atoms with E-state index in [0.717, 1.165) is 18.7 Å². The molecular weight excluding hydrogens is 244 g/mol. The number of ether oxygens (including phenoxy) is 2. The van der Waals surface area contributed by atoms with Crippen LogP contribution in [0, 0.1) is 0 Å². The maximum atomic E-state index is 11.6. The van der Waals surface area contributed by atoms with Crippen LogP contribution in [0.4, 0.5) is 11.4 Å². The highest BCUT2D eigenvalue weighted by molar-refractivity contribution is 5.92. The predicted molar refractivity (Wildman–Crippen MR) is 74.4 cm³/mol. The van der Waals surface area contributed by atoms with Crippen molar-refractivity contribution in [3.8, 4) is 0 Å². The average molecular weight is 264 g/mol. The van der Waals surface area contributed by atoms with E-state index in [1.165, 1.54) is 7.11 Å². The summed E-state index contributed by atoms with van der Waals surface area (Å²) >= 11 is 0. The molecule has 0 bridgehead atoms. The lowest BCUT2D eigenvalue weighted by atomic mass is 10.1. The lowest BCUT2D eigenvalue weighted by Gasteiger charge is -2.37. The molecule has 0 saturated carbocycles. The molecule has 1 atom stereocenters. The van der Waals surface area contributed by atoms with Crippen molar-refractivity contribution in [2.24, 2.45) is 0 Å². The van der Waals surface area contributed by atoms with Gasteiger partial charge in [-0.15, -0.1) is 0 Å². The largest absolute Gasteiger partial charge is 0.465 e. The molecule has 1 aliphatic heterocycles. The first-order chi connectivity index (χ1) is 9.17. The van der Waals surface area contributed by atoms with E-state index in [9.17, 15) is 4.79 Å². The Morgan fingerprint density at radius 2 is 2.37 bits per heavy atom. The van der Waals surface area contributed by atoms with E-state index in [-0.39, 0.29) is 5.97 Å². The Hall–Kier alpha value is -1.75. The number of hydrogen-bond donors (Lipinski definition) is 1. The number of esters is 1. The fourth-order valence-corrected chi connectivity index (χ4v) is 2.35. The third-order valence-electron chi connectivity index (χ3n) is 3.46. The number of nitrogen functional groups attached to an aromatic ring is 1. The minimum absolute atomic E-state index is 0.295. The van der Waals surface area contributed by atoms with Crippen LogP contribution in [0.25, 0.3) is 0 Å². The molecule has 1 unspecified atom stereocenters. The Balaban J connectivity index is 2.34. The summed E-state index contributed by atoms with van der Waals surface area (Å²) in [5.74, 6) is -0.345. The van der Waals surface area contributed by atoms with Gasteiger partial charge in [-0.05, 0) is 24.6 Å². The summed E-state index contributed by atoms with van der Waals surface area (Å²) in [5, 5.41) is 0. The molecule has 1 heterocycles. The zero-order valence-electron chi connectivity index (χ0n) is 11.4. The zero-order chi connectivity index (χ0) is 13.8. The van der Waals surface area contributed by atoms with E-state index in [0.29, 0.717) is 30.5 Å². The second-order valence-electron chi connectivity index (χ2n) is 4.60. The van der Waals surface area contributed by atoms with Crippen LogP contribution in [-0.2, 0) is 9.47 Å². The van der Waals surface area contributed by atoms with E-state index in [2.05, 4.69) is 11.8 Å². The quantitative estimate of drug-likeness (QED) is 0.664. The fraction of sp³-hybridized carbons (Fsp3) is 0.500. The molecule has 0 aliphatic carbocycles. The van der Waals surface area contributed by atoms with Crippen molar-refractivity contribution in [1.29, 1.82) is 0 Å². The molecule has 0 aromatic heterocycles. The van der Waals surface area contributed by atoms with Gasteiger partial charge in [-0.2, -0.15) is 0 Å². The minimum Gasteiger partial charge on any atom is -0.465 e. The second-order valence-corrected chi connectivity index (χ2v) is 4.60. The molecule has 1 fully saturated rings. The molecule has 2 N–H and O–H groups in total. The number of morpholine rings is 1. The number of hydrogen-bond acceptors (Lipinski definition) is 5. The average Bonchev–Trinajstić information content (AvgIpc) is 2.47. The van der Waals surface area contributed by atoms with Gasteiger partial charge in [0.2, 0.25) is 0 Å². The molecule has 5 nitrogen and oxygen atoms in total. The van der Waals surface area contributed by atoms with Crippen LogP contribution in [0.1, 0.15) is 23.7 Å². The van der Waals surface area contributed by atoms with Gasteiger partial charge in [0.15, 0.2) is 0 Å². The molecule has 1 aliphatic rings. The SMILES string of the molecule is CCC1COCCN1c1cc(C(=O)OC)ccc1N. The molecular formula is C14H20N2O3. The highest BCUT2D eigenvalue weighted by Crippen LogP contribution is 2.29. The van der Waals surface area contributed by atoms with E-state index < -0.39 is 0 Å². The van der Waals surface area contributed by atoms with Crippen LogP contribution >= 0.6 is 0 Å². The smallest absolute Gasteiger partial charge is 0.337 e. The molecule has 1 aromatic rings. The van der Waals surface area contributed by atoms with Gasteiger partial charge in [0.25, 0.3) is 0 Å². The maximum absolute atomic E-state index is 11.6.